The summed E-state index contributed by atoms with van der Waals surface area (Å²) in [7, 11) is 0. The van der Waals surface area contributed by atoms with Gasteiger partial charge < -0.3 is 9.73 Å². The van der Waals surface area contributed by atoms with Crippen LogP contribution in [-0.2, 0) is 23.2 Å². The van der Waals surface area contributed by atoms with Crippen LogP contribution in [0.15, 0.2) is 65.4 Å². The van der Waals surface area contributed by atoms with Crippen molar-refractivity contribution in [3.05, 3.63) is 89.4 Å². The van der Waals surface area contributed by atoms with Crippen molar-refractivity contribution in [2.24, 2.45) is 0 Å². The lowest BCUT2D eigenvalue weighted by Gasteiger charge is -2.17. The summed E-state index contributed by atoms with van der Waals surface area (Å²) >= 11 is 0. The second-order valence-corrected chi connectivity index (χ2v) is 9.67. The molecule has 9 nitrogen and oxygen atoms in total. The number of rotatable bonds is 7. The van der Waals surface area contributed by atoms with Gasteiger partial charge in [0.2, 0.25) is 5.91 Å². The predicted molar refractivity (Wildman–Crippen MR) is 137 cm³/mol. The SMILES string of the molecule is CC1(C)C(=O)Nc2nc(-c3nn(Cc4ccccc4F)c4ncccc34)nc(C(=O)CCc3ccco3)c21. The van der Waals surface area contributed by atoms with Crippen LogP contribution in [-0.4, -0.2) is 36.4 Å². The van der Waals surface area contributed by atoms with Crippen molar-refractivity contribution in [2.45, 2.75) is 38.6 Å². The molecule has 190 valence electrons. The number of aryl methyl sites for hydroxylation is 1. The molecule has 0 saturated heterocycles. The summed E-state index contributed by atoms with van der Waals surface area (Å²) in [5.41, 5.74) is 0.990. The topological polar surface area (TPSA) is 116 Å². The van der Waals surface area contributed by atoms with E-state index in [2.05, 4.69) is 25.4 Å². The van der Waals surface area contributed by atoms with Crippen LogP contribution in [0.1, 0.15) is 47.6 Å². The van der Waals surface area contributed by atoms with E-state index in [1.54, 1.807) is 67.4 Å². The zero-order valence-electron chi connectivity index (χ0n) is 20.7. The summed E-state index contributed by atoms with van der Waals surface area (Å²) in [6.07, 6.45) is 3.72. The number of anilines is 1. The number of pyridine rings is 1. The third kappa shape index (κ3) is 3.94. The quantitative estimate of drug-likeness (QED) is 0.315. The molecule has 0 saturated carbocycles. The molecular weight excluding hydrogens is 487 g/mol. The van der Waals surface area contributed by atoms with Gasteiger partial charge in [0.25, 0.3) is 0 Å². The lowest BCUT2D eigenvalue weighted by atomic mass is 9.84. The Labute approximate surface area is 216 Å². The Morgan fingerprint density at radius 1 is 1.11 bits per heavy atom. The fourth-order valence-corrected chi connectivity index (χ4v) is 4.71. The number of Topliss-reactive ketones (excluding diaryl/α,β-unsaturated/α-hetero) is 1. The molecule has 6 rings (SSSR count). The first kappa shape index (κ1) is 23.7. The highest BCUT2D eigenvalue weighted by atomic mass is 19.1. The van der Waals surface area contributed by atoms with E-state index in [4.69, 9.17) is 4.42 Å². The minimum absolute atomic E-state index is 0.143. The number of aromatic nitrogens is 5. The number of hydrogen-bond acceptors (Lipinski definition) is 7. The average Bonchev–Trinajstić information content (AvgIpc) is 3.61. The molecule has 4 aromatic heterocycles. The van der Waals surface area contributed by atoms with Crippen LogP contribution in [0, 0.1) is 5.82 Å². The van der Waals surface area contributed by atoms with Gasteiger partial charge >= 0.3 is 0 Å². The van der Waals surface area contributed by atoms with E-state index >= 15 is 0 Å². The van der Waals surface area contributed by atoms with Gasteiger partial charge in [-0.3, -0.25) is 9.59 Å². The van der Waals surface area contributed by atoms with Crippen molar-refractivity contribution in [3.63, 3.8) is 0 Å². The van der Waals surface area contributed by atoms with Crippen molar-refractivity contribution in [1.29, 1.82) is 0 Å². The van der Waals surface area contributed by atoms with Crippen LogP contribution in [0.2, 0.25) is 0 Å². The maximum atomic E-state index is 14.4. The van der Waals surface area contributed by atoms with E-state index in [0.29, 0.717) is 40.0 Å². The fraction of sp³-hybridized carbons (Fsp3) is 0.214. The summed E-state index contributed by atoms with van der Waals surface area (Å²) in [6, 6.07) is 13.6. The van der Waals surface area contributed by atoms with E-state index in [-0.39, 0.29) is 47.8 Å². The summed E-state index contributed by atoms with van der Waals surface area (Å²) < 4.78 is 21.4. The van der Waals surface area contributed by atoms with Crippen LogP contribution in [0.4, 0.5) is 10.2 Å². The lowest BCUT2D eigenvalue weighted by molar-refractivity contribution is -0.119. The van der Waals surface area contributed by atoms with Gasteiger partial charge in [0.15, 0.2) is 17.3 Å². The zero-order valence-corrected chi connectivity index (χ0v) is 20.7. The third-order valence-corrected chi connectivity index (χ3v) is 6.77. The van der Waals surface area contributed by atoms with Gasteiger partial charge in [-0.05, 0) is 44.2 Å². The van der Waals surface area contributed by atoms with Gasteiger partial charge in [-0.25, -0.2) is 24.0 Å². The summed E-state index contributed by atoms with van der Waals surface area (Å²) in [6.45, 7) is 3.62. The molecular formula is C28H23FN6O3. The molecule has 5 aromatic rings. The van der Waals surface area contributed by atoms with Crippen LogP contribution >= 0.6 is 0 Å². The minimum Gasteiger partial charge on any atom is -0.469 e. The van der Waals surface area contributed by atoms with Crippen molar-refractivity contribution < 1.29 is 18.4 Å². The molecule has 1 amide bonds. The first-order valence-electron chi connectivity index (χ1n) is 12.2. The van der Waals surface area contributed by atoms with E-state index in [9.17, 15) is 14.0 Å². The molecule has 1 aliphatic heterocycles. The van der Waals surface area contributed by atoms with Crippen molar-refractivity contribution in [1.82, 2.24) is 24.7 Å². The van der Waals surface area contributed by atoms with Gasteiger partial charge in [0, 0.05) is 30.2 Å². The number of hydrogen-bond donors (Lipinski definition) is 1. The van der Waals surface area contributed by atoms with E-state index in [1.165, 1.54) is 6.07 Å². The largest absolute Gasteiger partial charge is 0.469 e. The number of ketones is 1. The molecule has 0 spiro atoms. The van der Waals surface area contributed by atoms with E-state index in [1.807, 2.05) is 6.07 Å². The van der Waals surface area contributed by atoms with Gasteiger partial charge in [-0.15, -0.1) is 0 Å². The number of nitrogens with zero attached hydrogens (tertiary/aromatic N) is 5. The number of furan rings is 1. The van der Waals surface area contributed by atoms with Gasteiger partial charge in [-0.2, -0.15) is 5.10 Å². The van der Waals surface area contributed by atoms with Crippen molar-refractivity contribution in [3.8, 4) is 11.5 Å². The molecule has 1 aliphatic rings. The number of carbonyl (C=O) groups is 2. The first-order valence-corrected chi connectivity index (χ1v) is 12.2. The molecule has 0 fully saturated rings. The number of carbonyl (C=O) groups excluding carboxylic acids is 2. The highest BCUT2D eigenvalue weighted by molar-refractivity contribution is 6.09. The Morgan fingerprint density at radius 2 is 1.95 bits per heavy atom. The Kier molecular flexibility index (Phi) is 5.59. The Balaban J connectivity index is 1.47. The molecule has 0 unspecified atom stereocenters. The summed E-state index contributed by atoms with van der Waals surface area (Å²) in [4.78, 5) is 40.0. The van der Waals surface area contributed by atoms with Gasteiger partial charge in [0.05, 0.1) is 23.6 Å². The molecule has 0 bridgehead atoms. The Bertz CT molecular complexity index is 1710. The van der Waals surface area contributed by atoms with Gasteiger partial charge in [-0.1, -0.05) is 18.2 Å². The smallest absolute Gasteiger partial charge is 0.235 e. The highest BCUT2D eigenvalue weighted by Crippen LogP contribution is 2.40. The monoisotopic (exact) mass is 510 g/mol. The van der Waals surface area contributed by atoms with Crippen molar-refractivity contribution in [2.75, 3.05) is 5.32 Å². The zero-order chi connectivity index (χ0) is 26.4. The molecule has 0 aliphatic carbocycles. The second kappa shape index (κ2) is 8.98. The standard InChI is InChI=1S/C28H23FN6O3/c1-28(2)21-23(20(36)12-11-17-8-6-14-38-17)31-25(32-24(21)33-27(28)37)22-18-9-5-13-30-26(18)35(34-22)15-16-7-3-4-10-19(16)29/h3-10,13-14H,11-12,15H2,1-2H3,(H,31,32,33,37). The minimum atomic E-state index is -0.989. The number of halogens is 1. The van der Waals surface area contributed by atoms with E-state index in [0.717, 1.165) is 0 Å². The Hall–Kier alpha value is -4.73. The molecule has 0 radical (unpaired) electrons. The molecule has 38 heavy (non-hydrogen) atoms. The van der Waals surface area contributed by atoms with Crippen LogP contribution in [0.25, 0.3) is 22.6 Å². The molecule has 5 heterocycles. The molecule has 10 heteroatoms. The van der Waals surface area contributed by atoms with Crippen LogP contribution < -0.4 is 5.32 Å². The normalized spacial score (nSPS) is 14.0. The lowest BCUT2D eigenvalue weighted by Crippen LogP contribution is -2.28. The number of amides is 1. The highest BCUT2D eigenvalue weighted by Gasteiger charge is 2.44. The Morgan fingerprint density at radius 3 is 2.74 bits per heavy atom. The fourth-order valence-electron chi connectivity index (χ4n) is 4.71. The van der Waals surface area contributed by atoms with E-state index < -0.39 is 5.41 Å². The maximum absolute atomic E-state index is 14.4. The van der Waals surface area contributed by atoms with Crippen LogP contribution in [0.5, 0.6) is 0 Å². The molecule has 1 N–H and O–H groups in total. The van der Waals surface area contributed by atoms with Gasteiger partial charge in [0.1, 0.15) is 28.8 Å². The van der Waals surface area contributed by atoms with Crippen molar-refractivity contribution >= 4 is 28.5 Å². The number of fused-ring (bicyclic) bond motifs is 2. The number of benzene rings is 1. The van der Waals surface area contributed by atoms with Crippen LogP contribution in [0.3, 0.4) is 0 Å². The number of nitrogens with one attached hydrogen (secondary N) is 1. The summed E-state index contributed by atoms with van der Waals surface area (Å²) in [5.74, 6) is 0.286. The maximum Gasteiger partial charge on any atom is 0.235 e. The molecule has 1 aromatic carbocycles. The second-order valence-electron chi connectivity index (χ2n) is 9.67. The summed E-state index contributed by atoms with van der Waals surface area (Å²) in [5, 5.41) is 8.13. The molecule has 0 atom stereocenters. The average molecular weight is 511 g/mol. The first-order chi connectivity index (χ1) is 18.3. The third-order valence-electron chi connectivity index (χ3n) is 6.77. The predicted octanol–water partition coefficient (Wildman–Crippen LogP) is 4.71.